The molecule has 6 rings (SSSR count). The number of phenolic OH excluding ortho intramolecular Hbond substituents is 3. The third kappa shape index (κ3) is 8.91. The first-order valence-electron chi connectivity index (χ1n) is 21.3. The molecule has 1 amide bonds. The first-order valence-corrected chi connectivity index (χ1v) is 19.3. The fourth-order valence-corrected chi connectivity index (χ4v) is 7.56. The third-order valence-corrected chi connectivity index (χ3v) is 11.3. The lowest BCUT2D eigenvalue weighted by Crippen LogP contribution is -2.46. The average Bonchev–Trinajstić information content (AvgIpc) is 3.46. The summed E-state index contributed by atoms with van der Waals surface area (Å²) in [5.41, 5.74) is -1.35. The highest BCUT2D eigenvalue weighted by molar-refractivity contribution is 6.23. The van der Waals surface area contributed by atoms with Crippen LogP contribution >= 0.6 is 0 Å². The average molecular weight is 827 g/mol. The number of piperazine rings is 1. The topological polar surface area (TPSA) is 220 Å². The molecular formula is C43H58N4O12. The number of likely N-dealkylation sites (N-methyl/N-ethyl adjacent to an activating group) is 1. The maximum absolute atomic E-state index is 14.5. The van der Waals surface area contributed by atoms with Gasteiger partial charge in [-0.05, 0) is 27.0 Å². The van der Waals surface area contributed by atoms with Gasteiger partial charge in [-0.2, -0.15) is 5.10 Å². The molecule has 6 N–H and O–H groups in total. The van der Waals surface area contributed by atoms with Gasteiger partial charge in [0, 0.05) is 87.2 Å². The van der Waals surface area contributed by atoms with Gasteiger partial charge in [-0.15, -0.1) is 0 Å². The number of Topliss-reactive ketones (excluding diaryl/α,β-unsaturated/α-hetero) is 1. The molecule has 5 bridgehead atoms. The molecule has 9 atom stereocenters. The van der Waals surface area contributed by atoms with E-state index in [1.807, 2.05) is 0 Å². The van der Waals surface area contributed by atoms with Crippen molar-refractivity contribution in [2.75, 3.05) is 45.6 Å². The highest BCUT2D eigenvalue weighted by Gasteiger charge is 2.50. The van der Waals surface area contributed by atoms with E-state index in [-0.39, 0.29) is 35.5 Å². The van der Waals surface area contributed by atoms with E-state index in [2.05, 4.69) is 10.4 Å². The number of esters is 1. The number of fused-ring (bicyclic) bond motifs is 14. The first kappa shape index (κ1) is 39.3. The lowest BCUT2D eigenvalue weighted by atomic mass is 9.78. The number of ether oxygens (including phenoxy) is 4. The minimum Gasteiger partial charge on any atom is -0.507 e. The second-order valence-electron chi connectivity index (χ2n) is 15.7. The van der Waals surface area contributed by atoms with Crippen LogP contribution in [0.3, 0.4) is 0 Å². The smallest absolute Gasteiger partial charge is 0.312 e. The number of aliphatic hydroxyl groups excluding tert-OH is 2. The van der Waals surface area contributed by atoms with E-state index in [1.54, 1.807) is 33.8 Å². The molecule has 4 aliphatic rings. The molecule has 1 fully saturated rings. The zero-order valence-corrected chi connectivity index (χ0v) is 34.9. The number of phenols is 3. The Balaban J connectivity index is 1.75. The third-order valence-electron chi connectivity index (χ3n) is 11.3. The molecule has 322 valence electrons. The molecule has 2 aromatic rings. The highest BCUT2D eigenvalue weighted by atomic mass is 16.7. The van der Waals surface area contributed by atoms with E-state index in [9.17, 15) is 39.9 Å². The summed E-state index contributed by atoms with van der Waals surface area (Å²) in [4.78, 5) is 42.1. The van der Waals surface area contributed by atoms with Gasteiger partial charge in [-0.3, -0.25) is 19.4 Å². The van der Waals surface area contributed by atoms with Gasteiger partial charge in [-0.25, -0.2) is 0 Å². The molecule has 0 spiro atoms. The number of allylic oxidation sites excluding steroid dienone is 2. The van der Waals surface area contributed by atoms with E-state index in [0.717, 1.165) is 12.5 Å². The van der Waals surface area contributed by atoms with Gasteiger partial charge in [0.15, 0.2) is 5.75 Å². The largest absolute Gasteiger partial charge is 0.507 e. The zero-order valence-electron chi connectivity index (χ0n) is 38.9. The number of methoxy groups -OCH3 is 1. The summed E-state index contributed by atoms with van der Waals surface area (Å²) >= 11 is 0. The van der Waals surface area contributed by atoms with Crippen molar-refractivity contribution in [2.45, 2.75) is 85.6 Å². The number of ketones is 1. The van der Waals surface area contributed by atoms with Crippen LogP contribution in [0, 0.1) is 30.6 Å². The number of nitrogens with zero attached hydrogens (tertiary/aromatic N) is 3. The van der Waals surface area contributed by atoms with Crippen molar-refractivity contribution in [3.05, 3.63) is 52.8 Å². The van der Waals surface area contributed by atoms with Gasteiger partial charge in [0.05, 0.1) is 58.5 Å². The van der Waals surface area contributed by atoms with Crippen LogP contribution in [0.2, 0.25) is 0 Å². The van der Waals surface area contributed by atoms with Crippen molar-refractivity contribution in [3.63, 3.8) is 0 Å². The number of benzene rings is 2. The second kappa shape index (κ2) is 18.0. The lowest BCUT2D eigenvalue weighted by molar-refractivity contribution is -0.160. The Labute approximate surface area is 350 Å². The van der Waals surface area contributed by atoms with Crippen molar-refractivity contribution in [1.82, 2.24) is 9.91 Å². The van der Waals surface area contributed by atoms with Crippen molar-refractivity contribution in [2.24, 2.45) is 28.8 Å². The Bertz CT molecular complexity index is 2250. The van der Waals surface area contributed by atoms with Gasteiger partial charge in [0.25, 0.3) is 11.7 Å². The van der Waals surface area contributed by atoms with Gasteiger partial charge in [0.2, 0.25) is 0 Å². The van der Waals surface area contributed by atoms with Crippen LogP contribution in [0.4, 0.5) is 5.69 Å². The summed E-state index contributed by atoms with van der Waals surface area (Å²) in [5.74, 6) is -9.72. The molecule has 59 heavy (non-hydrogen) atoms. The molecule has 4 heterocycles. The summed E-state index contributed by atoms with van der Waals surface area (Å²) in [5, 5.41) is 64.9. The van der Waals surface area contributed by atoms with E-state index in [0.29, 0.717) is 5.01 Å². The number of hydrogen-bond acceptors (Lipinski definition) is 15. The number of anilines is 1. The van der Waals surface area contributed by atoms with Gasteiger partial charge < -0.3 is 54.7 Å². The Kier molecular flexibility index (Phi) is 12.0. The molecule has 0 saturated carbocycles. The SMILES string of the molecule is [2H]C1([2H])CN(C)CC([2H])([2H])N1/N=C/c1c2c(O)c3c(O)c(C)c4c(c3c1O)C(=O)[C@@](C)(OC=C[C@H](OC)[C@@H](C)[C@@H](OC(C)=O)[C@H](C)[C@H](O)[C@H](C)[C@@H](O)[C@@H](C)/C=C/C=C(/C)C(=O)N2)O4. The Morgan fingerprint density at radius 1 is 1.00 bits per heavy atom. The number of hydrogen-bond donors (Lipinski definition) is 6. The molecule has 2 aromatic carbocycles. The highest BCUT2D eigenvalue weighted by Crippen LogP contribution is 2.55. The maximum atomic E-state index is 14.5. The molecule has 0 aliphatic carbocycles. The number of nitrogens with one attached hydrogen (secondary N) is 1. The maximum Gasteiger partial charge on any atom is 0.312 e. The van der Waals surface area contributed by atoms with E-state index in [1.165, 1.54) is 65.0 Å². The minimum atomic E-state index is -2.39. The molecule has 0 radical (unpaired) electrons. The molecule has 0 unspecified atom stereocenters. The molecule has 16 nitrogen and oxygen atoms in total. The van der Waals surface area contributed by atoms with Crippen LogP contribution in [0.25, 0.3) is 10.8 Å². The normalized spacial score (nSPS) is 34.2. The van der Waals surface area contributed by atoms with Crippen molar-refractivity contribution in [1.29, 1.82) is 0 Å². The monoisotopic (exact) mass is 826 g/mol. The van der Waals surface area contributed by atoms with Crippen LogP contribution in [0.1, 0.15) is 75.4 Å². The summed E-state index contributed by atoms with van der Waals surface area (Å²) in [7, 11) is 2.93. The van der Waals surface area contributed by atoms with Crippen LogP contribution in [-0.2, 0) is 23.8 Å². The van der Waals surface area contributed by atoms with Crippen LogP contribution in [-0.4, -0.2) is 130 Å². The first-order chi connectivity index (χ1) is 29.2. The lowest BCUT2D eigenvalue weighted by Gasteiger charge is -2.38. The fourth-order valence-electron chi connectivity index (χ4n) is 7.56. The van der Waals surface area contributed by atoms with Crippen LogP contribution in [0.15, 0.2) is 41.2 Å². The molecule has 1 saturated heterocycles. The van der Waals surface area contributed by atoms with Crippen molar-refractivity contribution in [3.8, 4) is 23.0 Å². The predicted molar refractivity (Wildman–Crippen MR) is 220 cm³/mol. The summed E-state index contributed by atoms with van der Waals surface area (Å²) in [6, 6.07) is 0. The van der Waals surface area contributed by atoms with E-state index < -0.39 is 124 Å². The molecule has 4 aliphatic heterocycles. The summed E-state index contributed by atoms with van der Waals surface area (Å²) < 4.78 is 57.8. The van der Waals surface area contributed by atoms with Gasteiger partial charge in [-0.1, -0.05) is 45.9 Å². The predicted octanol–water partition coefficient (Wildman–Crippen LogP) is 4.34. The number of carbonyl (C=O) groups excluding carboxylic acids is 3. The Hall–Kier alpha value is -5.16. The number of carbonyl (C=O) groups is 3. The Morgan fingerprint density at radius 2 is 1.66 bits per heavy atom. The standard InChI is InChI=1S/C43H58N4O12/c1-21-12-11-13-22(2)42(55)45-33-28(20-44-47-17-15-46(9)16-18-47)37(52)30-31(38(33)53)36(51)26(6)40-32(30)41(54)43(8,59-40)57-19-14-29(56-10)23(3)39(58-27(7)48)25(5)35(50)24(4)34(21)49/h11-14,19-21,23-25,29,34-35,39,49-53H,15-18H2,1-10H3,(H,45,55)/b12-11+,19-14?,22-13-,44-20+/t21-,23+,24+,25+,29-,34-,35+,39+,43-/m0/s1/i17D2,18D2. The minimum absolute atomic E-state index is 0.0440. The molecule has 16 heteroatoms. The second-order valence-corrected chi connectivity index (χ2v) is 15.7. The number of rotatable bonds is 4. The van der Waals surface area contributed by atoms with Gasteiger partial charge in [0.1, 0.15) is 23.4 Å². The summed E-state index contributed by atoms with van der Waals surface area (Å²) in [6.07, 6.45) is 3.82. The Morgan fingerprint density at radius 3 is 2.29 bits per heavy atom. The van der Waals surface area contributed by atoms with Crippen molar-refractivity contribution >= 4 is 40.3 Å². The zero-order chi connectivity index (χ0) is 47.3. The van der Waals surface area contributed by atoms with Crippen molar-refractivity contribution < 1.29 is 64.3 Å². The van der Waals surface area contributed by atoms with E-state index in [4.69, 9.17) is 24.4 Å². The molecule has 0 aromatic heterocycles. The van der Waals surface area contributed by atoms with Crippen LogP contribution < -0.4 is 10.1 Å². The number of amides is 1. The fraction of sp³-hybridized carbons (Fsp3) is 0.535. The number of hydrazone groups is 1. The number of aliphatic hydroxyl groups is 2. The quantitative estimate of drug-likeness (QED) is 0.109. The van der Waals surface area contributed by atoms with Crippen LogP contribution in [0.5, 0.6) is 23.0 Å². The van der Waals surface area contributed by atoms with E-state index >= 15 is 0 Å². The molecular weight excluding hydrogens is 764 g/mol. The number of aromatic hydroxyl groups is 3. The van der Waals surface area contributed by atoms with Gasteiger partial charge >= 0.3 is 11.8 Å². The summed E-state index contributed by atoms with van der Waals surface area (Å²) in [6.45, 7) is 6.79.